The molecule has 0 unspecified atom stereocenters. The third kappa shape index (κ3) is 3.18. The van der Waals surface area contributed by atoms with Crippen LogP contribution >= 0.6 is 0 Å². The summed E-state index contributed by atoms with van der Waals surface area (Å²) in [5, 5.41) is 6.96. The fraction of sp³-hybridized carbons (Fsp3) is 0.429. The number of nitrogens with zero attached hydrogens (tertiary/aromatic N) is 5. The van der Waals surface area contributed by atoms with Crippen LogP contribution in [0.5, 0.6) is 0 Å². The van der Waals surface area contributed by atoms with Crippen molar-refractivity contribution in [1.29, 1.82) is 0 Å². The van der Waals surface area contributed by atoms with E-state index in [1.807, 2.05) is 7.05 Å². The predicted molar refractivity (Wildman–Crippen MR) is 78.8 cm³/mol. The van der Waals surface area contributed by atoms with Crippen LogP contribution in [0.3, 0.4) is 0 Å². The molecule has 110 valence electrons. The highest BCUT2D eigenvalue weighted by Gasteiger charge is 2.27. The molecule has 21 heavy (non-hydrogen) atoms. The summed E-state index contributed by atoms with van der Waals surface area (Å²) in [5.74, 6) is 0.669. The van der Waals surface area contributed by atoms with Crippen molar-refractivity contribution in [2.45, 2.75) is 12.8 Å². The summed E-state index contributed by atoms with van der Waals surface area (Å²) in [4.78, 5) is 22.9. The fourth-order valence-corrected chi connectivity index (χ4v) is 2.56. The maximum atomic E-state index is 12.3. The normalized spacial score (nSPS) is 18.5. The van der Waals surface area contributed by atoms with E-state index in [0.29, 0.717) is 12.5 Å². The lowest BCUT2D eigenvalue weighted by molar-refractivity contribution is -0.120. The van der Waals surface area contributed by atoms with Gasteiger partial charge >= 0.3 is 0 Å². The van der Waals surface area contributed by atoms with Crippen LogP contribution in [0.4, 0.5) is 11.6 Å². The van der Waals surface area contributed by atoms with E-state index >= 15 is 0 Å². The number of carbonyl (C=O) groups is 1. The smallest absolute Gasteiger partial charge is 0.229 e. The van der Waals surface area contributed by atoms with Crippen LogP contribution < -0.4 is 10.2 Å². The van der Waals surface area contributed by atoms with E-state index < -0.39 is 0 Å². The quantitative estimate of drug-likeness (QED) is 0.913. The van der Waals surface area contributed by atoms with Gasteiger partial charge in [-0.2, -0.15) is 5.10 Å². The van der Waals surface area contributed by atoms with Crippen LogP contribution in [0.2, 0.25) is 0 Å². The van der Waals surface area contributed by atoms with Crippen molar-refractivity contribution in [2.24, 2.45) is 13.0 Å². The van der Waals surface area contributed by atoms with Crippen molar-refractivity contribution in [3.05, 3.63) is 30.9 Å². The van der Waals surface area contributed by atoms with E-state index in [1.165, 1.54) is 0 Å². The minimum atomic E-state index is -0.0530. The van der Waals surface area contributed by atoms with Crippen molar-refractivity contribution in [3.63, 3.8) is 0 Å². The Kier molecular flexibility index (Phi) is 3.81. The van der Waals surface area contributed by atoms with Gasteiger partial charge in [0.2, 0.25) is 11.9 Å². The average Bonchev–Trinajstić information content (AvgIpc) is 2.93. The Morgan fingerprint density at radius 2 is 2.19 bits per heavy atom. The van der Waals surface area contributed by atoms with Crippen LogP contribution in [-0.4, -0.2) is 38.7 Å². The highest BCUT2D eigenvalue weighted by atomic mass is 16.1. The van der Waals surface area contributed by atoms with Gasteiger partial charge in [-0.05, 0) is 18.9 Å². The molecule has 1 amide bonds. The number of amides is 1. The number of piperidine rings is 1. The minimum Gasteiger partial charge on any atom is -0.340 e. The average molecular weight is 286 g/mol. The largest absolute Gasteiger partial charge is 0.340 e. The Morgan fingerprint density at radius 3 is 2.90 bits per heavy atom. The Morgan fingerprint density at radius 1 is 1.38 bits per heavy atom. The SMILES string of the molecule is Cn1cc(NC(=O)[C@@H]2CCCN(c3ncccn3)C2)cn1. The van der Waals surface area contributed by atoms with Crippen molar-refractivity contribution < 1.29 is 4.79 Å². The molecule has 1 fully saturated rings. The van der Waals surface area contributed by atoms with Crippen molar-refractivity contribution in [1.82, 2.24) is 19.7 Å². The zero-order valence-electron chi connectivity index (χ0n) is 11.9. The van der Waals surface area contributed by atoms with Gasteiger partial charge in [0.25, 0.3) is 0 Å². The molecule has 0 spiro atoms. The number of hydrogen-bond acceptors (Lipinski definition) is 5. The van der Waals surface area contributed by atoms with Gasteiger partial charge in [-0.1, -0.05) is 0 Å². The third-order valence-electron chi connectivity index (χ3n) is 3.60. The highest BCUT2D eigenvalue weighted by Crippen LogP contribution is 2.21. The van der Waals surface area contributed by atoms with E-state index in [0.717, 1.165) is 25.1 Å². The maximum Gasteiger partial charge on any atom is 0.229 e. The van der Waals surface area contributed by atoms with E-state index in [9.17, 15) is 4.79 Å². The fourth-order valence-electron chi connectivity index (χ4n) is 2.56. The molecular formula is C14H18N6O. The standard InChI is InChI=1S/C14H18N6O/c1-19-10-12(8-17-19)18-13(21)11-4-2-7-20(9-11)14-15-5-3-6-16-14/h3,5-6,8,10-11H,2,4,7,9H2,1H3,(H,18,21)/t11-/m1/s1. The summed E-state index contributed by atoms with van der Waals surface area (Å²) in [6.45, 7) is 1.54. The molecular weight excluding hydrogens is 268 g/mol. The number of aromatic nitrogens is 4. The lowest BCUT2D eigenvalue weighted by Gasteiger charge is -2.31. The van der Waals surface area contributed by atoms with Crippen molar-refractivity contribution in [3.8, 4) is 0 Å². The van der Waals surface area contributed by atoms with E-state index in [4.69, 9.17) is 0 Å². The number of carbonyl (C=O) groups excluding carboxylic acids is 1. The molecule has 0 radical (unpaired) electrons. The molecule has 3 rings (SSSR count). The summed E-state index contributed by atoms with van der Waals surface area (Å²) < 4.78 is 1.67. The summed E-state index contributed by atoms with van der Waals surface area (Å²) >= 11 is 0. The van der Waals surface area contributed by atoms with Gasteiger partial charge in [-0.25, -0.2) is 9.97 Å². The van der Waals surface area contributed by atoms with Crippen molar-refractivity contribution >= 4 is 17.5 Å². The second-order valence-corrected chi connectivity index (χ2v) is 5.23. The van der Waals surface area contributed by atoms with Gasteiger partial charge in [0, 0.05) is 38.7 Å². The molecule has 0 saturated carbocycles. The topological polar surface area (TPSA) is 75.9 Å². The summed E-state index contributed by atoms with van der Waals surface area (Å²) in [5.41, 5.74) is 0.732. The second-order valence-electron chi connectivity index (χ2n) is 5.23. The first-order chi connectivity index (χ1) is 10.2. The molecule has 2 aromatic rings. The molecule has 7 heteroatoms. The molecule has 1 aliphatic rings. The first-order valence-electron chi connectivity index (χ1n) is 7.04. The molecule has 1 saturated heterocycles. The van der Waals surface area contributed by atoms with Crippen LogP contribution in [0.15, 0.2) is 30.9 Å². The molecule has 2 aromatic heterocycles. The number of anilines is 2. The van der Waals surface area contributed by atoms with Crippen LogP contribution in [0.25, 0.3) is 0 Å². The number of rotatable bonds is 3. The van der Waals surface area contributed by atoms with Crippen molar-refractivity contribution in [2.75, 3.05) is 23.3 Å². The van der Waals surface area contributed by atoms with Gasteiger partial charge in [-0.3, -0.25) is 9.48 Å². The molecule has 3 heterocycles. The zero-order chi connectivity index (χ0) is 14.7. The minimum absolute atomic E-state index is 0.0311. The molecule has 7 nitrogen and oxygen atoms in total. The highest BCUT2D eigenvalue weighted by molar-refractivity contribution is 5.92. The first-order valence-corrected chi connectivity index (χ1v) is 7.04. The van der Waals surface area contributed by atoms with E-state index in [1.54, 1.807) is 35.5 Å². The Labute approximate surface area is 123 Å². The van der Waals surface area contributed by atoms with Gasteiger partial charge in [-0.15, -0.1) is 0 Å². The van der Waals surface area contributed by atoms with E-state index in [-0.39, 0.29) is 11.8 Å². The maximum absolute atomic E-state index is 12.3. The number of nitrogens with one attached hydrogen (secondary N) is 1. The van der Waals surface area contributed by atoms with Gasteiger partial charge < -0.3 is 10.2 Å². The zero-order valence-corrected chi connectivity index (χ0v) is 11.9. The van der Waals surface area contributed by atoms with Gasteiger partial charge in [0.05, 0.1) is 17.8 Å². The number of hydrogen-bond donors (Lipinski definition) is 1. The Hall–Kier alpha value is -2.44. The van der Waals surface area contributed by atoms with Gasteiger partial charge in [0.15, 0.2) is 0 Å². The monoisotopic (exact) mass is 286 g/mol. The Balaban J connectivity index is 1.64. The number of aryl methyl sites for hydroxylation is 1. The molecule has 1 N–H and O–H groups in total. The van der Waals surface area contributed by atoms with Crippen LogP contribution in [0.1, 0.15) is 12.8 Å². The Bertz CT molecular complexity index is 611. The van der Waals surface area contributed by atoms with Crippen LogP contribution in [-0.2, 0) is 11.8 Å². The lowest BCUT2D eigenvalue weighted by atomic mass is 9.97. The van der Waals surface area contributed by atoms with Crippen LogP contribution in [0, 0.1) is 5.92 Å². The summed E-state index contributed by atoms with van der Waals surface area (Å²) in [6.07, 6.45) is 8.74. The molecule has 0 aromatic carbocycles. The summed E-state index contributed by atoms with van der Waals surface area (Å²) in [7, 11) is 1.82. The first kappa shape index (κ1) is 13.5. The second kappa shape index (κ2) is 5.90. The van der Waals surface area contributed by atoms with Gasteiger partial charge in [0.1, 0.15) is 0 Å². The predicted octanol–water partition coefficient (Wildman–Crippen LogP) is 1.07. The summed E-state index contributed by atoms with van der Waals surface area (Å²) in [6, 6.07) is 1.79. The molecule has 1 atom stereocenters. The third-order valence-corrected chi connectivity index (χ3v) is 3.60. The molecule has 0 bridgehead atoms. The molecule has 0 aliphatic carbocycles. The lowest BCUT2D eigenvalue weighted by Crippen LogP contribution is -2.41. The van der Waals surface area contributed by atoms with E-state index in [2.05, 4.69) is 25.3 Å². The molecule has 1 aliphatic heterocycles.